The number of carbonyl (C=O) groups is 2. The molecule has 1 fully saturated rings. The van der Waals surface area contributed by atoms with Gasteiger partial charge in [0, 0.05) is 6.42 Å². The van der Waals surface area contributed by atoms with Gasteiger partial charge >= 0.3 is 11.9 Å². The molecule has 0 spiro atoms. The molecule has 6 nitrogen and oxygen atoms in total. The second kappa shape index (κ2) is 15.5. The lowest BCUT2D eigenvalue weighted by molar-refractivity contribution is -0.152. The first kappa shape index (κ1) is 30.5. The fourth-order valence-electron chi connectivity index (χ4n) is 6.60. The van der Waals surface area contributed by atoms with Crippen LogP contribution in [0.4, 0.5) is 0 Å². The molecule has 0 amide bonds. The topological polar surface area (TPSA) is 93.1 Å². The largest absolute Gasteiger partial charge is 0.482 e. The number of carboxylic acids is 1. The Hall–Kier alpha value is -2.08. The van der Waals surface area contributed by atoms with Gasteiger partial charge in [0.1, 0.15) is 11.9 Å². The van der Waals surface area contributed by atoms with Crippen molar-refractivity contribution >= 4 is 11.9 Å². The van der Waals surface area contributed by atoms with Gasteiger partial charge < -0.3 is 19.7 Å². The molecule has 38 heavy (non-hydrogen) atoms. The van der Waals surface area contributed by atoms with Crippen LogP contribution in [0.15, 0.2) is 18.2 Å². The highest BCUT2D eigenvalue weighted by Crippen LogP contribution is 2.49. The monoisotopic (exact) mass is 530 g/mol. The number of unbranched alkanes of at least 4 members (excludes halogenated alkanes) is 6. The van der Waals surface area contributed by atoms with E-state index in [2.05, 4.69) is 13.0 Å². The molecule has 0 radical (unpaired) electrons. The average molecular weight is 531 g/mol. The summed E-state index contributed by atoms with van der Waals surface area (Å²) in [6.07, 6.45) is 13.7. The fraction of sp³-hybridized carbons (Fsp3) is 0.750. The zero-order valence-electron chi connectivity index (χ0n) is 23.8. The maximum Gasteiger partial charge on any atom is 0.341 e. The predicted octanol–water partition coefficient (Wildman–Crippen LogP) is 6.74. The molecule has 5 atom stereocenters. The smallest absolute Gasteiger partial charge is 0.341 e. The maximum absolute atomic E-state index is 12.6. The van der Waals surface area contributed by atoms with E-state index in [4.69, 9.17) is 14.6 Å². The summed E-state index contributed by atoms with van der Waals surface area (Å²) in [5.41, 5.74) is 2.30. The minimum Gasteiger partial charge on any atom is -0.482 e. The van der Waals surface area contributed by atoms with Crippen LogP contribution in [-0.4, -0.2) is 41.0 Å². The van der Waals surface area contributed by atoms with Crippen LogP contribution in [0.3, 0.4) is 0 Å². The van der Waals surface area contributed by atoms with Crippen LogP contribution in [0.2, 0.25) is 0 Å². The summed E-state index contributed by atoms with van der Waals surface area (Å²) in [6, 6.07) is 5.91. The Bertz CT molecular complexity index is 881. The summed E-state index contributed by atoms with van der Waals surface area (Å²) in [5.74, 6) is 0.789. The highest BCUT2D eigenvalue weighted by Gasteiger charge is 2.47. The first-order chi connectivity index (χ1) is 18.3. The van der Waals surface area contributed by atoms with Gasteiger partial charge in [0.25, 0.3) is 0 Å². The van der Waals surface area contributed by atoms with Crippen LogP contribution in [0.5, 0.6) is 5.75 Å². The highest BCUT2D eigenvalue weighted by molar-refractivity contribution is 5.70. The molecule has 0 unspecified atom stereocenters. The van der Waals surface area contributed by atoms with E-state index >= 15 is 0 Å². The van der Waals surface area contributed by atoms with Gasteiger partial charge in [-0.05, 0) is 79.4 Å². The highest BCUT2D eigenvalue weighted by atomic mass is 16.5. The molecule has 0 bridgehead atoms. The SMILES string of the molecule is CCCCCCCCC[C@H](O)CC[C@@H]1[C@H]2Cc3cccc(OCC(=O)O)c3C[C@H]2C[C@H]1OC(=O)CC(C)C. The molecule has 1 saturated carbocycles. The number of ether oxygens (including phenoxy) is 2. The molecule has 2 aliphatic carbocycles. The molecular weight excluding hydrogens is 480 g/mol. The molecule has 0 aliphatic heterocycles. The van der Waals surface area contributed by atoms with Crippen molar-refractivity contribution in [3.8, 4) is 5.75 Å². The molecule has 0 saturated heterocycles. The molecule has 0 heterocycles. The minimum absolute atomic E-state index is 0.125. The van der Waals surface area contributed by atoms with Gasteiger partial charge in [-0.3, -0.25) is 4.79 Å². The van der Waals surface area contributed by atoms with Crippen LogP contribution in [0.25, 0.3) is 0 Å². The van der Waals surface area contributed by atoms with Crippen molar-refractivity contribution in [3.63, 3.8) is 0 Å². The zero-order valence-corrected chi connectivity index (χ0v) is 23.8. The number of rotatable bonds is 17. The van der Waals surface area contributed by atoms with Gasteiger partial charge in [0.2, 0.25) is 0 Å². The van der Waals surface area contributed by atoms with Crippen LogP contribution in [0.1, 0.15) is 109 Å². The normalized spacial score (nSPS) is 23.1. The molecule has 2 N–H and O–H groups in total. The second-order valence-corrected chi connectivity index (χ2v) is 12.1. The number of esters is 1. The van der Waals surface area contributed by atoms with Crippen molar-refractivity contribution in [2.24, 2.45) is 23.7 Å². The molecule has 3 rings (SSSR count). The Labute approximate surface area is 229 Å². The van der Waals surface area contributed by atoms with Gasteiger partial charge in [0.15, 0.2) is 6.61 Å². The Kier molecular flexibility index (Phi) is 12.4. The number of fused-ring (bicyclic) bond motifs is 2. The second-order valence-electron chi connectivity index (χ2n) is 12.1. The first-order valence-electron chi connectivity index (χ1n) is 15.1. The number of aliphatic hydroxyl groups excluding tert-OH is 1. The van der Waals surface area contributed by atoms with E-state index in [9.17, 15) is 14.7 Å². The number of hydrogen-bond acceptors (Lipinski definition) is 5. The van der Waals surface area contributed by atoms with Gasteiger partial charge in [-0.25, -0.2) is 4.79 Å². The van der Waals surface area contributed by atoms with E-state index in [-0.39, 0.29) is 36.6 Å². The van der Waals surface area contributed by atoms with Crippen molar-refractivity contribution < 1.29 is 29.3 Å². The van der Waals surface area contributed by atoms with Gasteiger partial charge in [-0.2, -0.15) is 0 Å². The maximum atomic E-state index is 12.6. The lowest BCUT2D eigenvalue weighted by atomic mass is 9.73. The van der Waals surface area contributed by atoms with Crippen molar-refractivity contribution in [2.45, 2.75) is 123 Å². The van der Waals surface area contributed by atoms with Crippen LogP contribution >= 0.6 is 0 Å². The Morgan fingerprint density at radius 1 is 1.03 bits per heavy atom. The Balaban J connectivity index is 1.61. The van der Waals surface area contributed by atoms with Crippen LogP contribution in [-0.2, 0) is 27.2 Å². The summed E-state index contributed by atoms with van der Waals surface area (Å²) in [6.45, 7) is 5.95. The van der Waals surface area contributed by atoms with E-state index in [1.165, 1.54) is 44.1 Å². The number of aliphatic carboxylic acids is 1. The third-order valence-corrected chi connectivity index (χ3v) is 8.50. The summed E-state index contributed by atoms with van der Waals surface area (Å²) < 4.78 is 11.7. The van der Waals surface area contributed by atoms with E-state index < -0.39 is 5.97 Å². The Morgan fingerprint density at radius 3 is 2.47 bits per heavy atom. The summed E-state index contributed by atoms with van der Waals surface area (Å²) >= 11 is 0. The lowest BCUT2D eigenvalue weighted by Gasteiger charge is -2.32. The van der Waals surface area contributed by atoms with Gasteiger partial charge in [0.05, 0.1) is 6.10 Å². The van der Waals surface area contributed by atoms with E-state index in [1.54, 1.807) is 0 Å². The predicted molar refractivity (Wildman–Crippen MR) is 149 cm³/mol. The van der Waals surface area contributed by atoms with Crippen molar-refractivity contribution in [1.29, 1.82) is 0 Å². The lowest BCUT2D eigenvalue weighted by Crippen LogP contribution is -2.30. The van der Waals surface area contributed by atoms with E-state index in [1.807, 2.05) is 26.0 Å². The molecule has 0 aromatic heterocycles. The van der Waals surface area contributed by atoms with Gasteiger partial charge in [-0.1, -0.05) is 77.8 Å². The molecule has 2 aliphatic rings. The first-order valence-corrected chi connectivity index (χ1v) is 15.1. The van der Waals surface area contributed by atoms with E-state index in [0.717, 1.165) is 50.5 Å². The van der Waals surface area contributed by atoms with Crippen LogP contribution < -0.4 is 4.74 Å². The molecule has 6 heteroatoms. The zero-order chi connectivity index (χ0) is 27.5. The van der Waals surface area contributed by atoms with Gasteiger partial charge in [-0.15, -0.1) is 0 Å². The summed E-state index contributed by atoms with van der Waals surface area (Å²) in [7, 11) is 0. The molecule has 214 valence electrons. The van der Waals surface area contributed by atoms with Crippen LogP contribution in [0, 0.1) is 23.7 Å². The number of carbonyl (C=O) groups excluding carboxylic acids is 1. The molecule has 1 aromatic carbocycles. The van der Waals surface area contributed by atoms with Crippen molar-refractivity contribution in [3.05, 3.63) is 29.3 Å². The molecular formula is C32H50O6. The van der Waals surface area contributed by atoms with Crippen molar-refractivity contribution in [1.82, 2.24) is 0 Å². The fourth-order valence-corrected chi connectivity index (χ4v) is 6.60. The Morgan fingerprint density at radius 2 is 1.76 bits per heavy atom. The third kappa shape index (κ3) is 9.29. The number of carboxylic acid groups (broad SMARTS) is 1. The van der Waals surface area contributed by atoms with Crippen molar-refractivity contribution in [2.75, 3.05) is 6.61 Å². The number of aliphatic hydroxyl groups is 1. The number of benzene rings is 1. The average Bonchev–Trinajstić information content (AvgIpc) is 3.19. The third-order valence-electron chi connectivity index (χ3n) is 8.50. The summed E-state index contributed by atoms with van der Waals surface area (Å²) in [4.78, 5) is 23.7. The standard InChI is InChI=1S/C32H50O6/c1-4-5-6-7-8-9-10-13-25(33)15-16-26-27-18-23-12-11-14-29(37-21-31(34)35)28(23)19-24(27)20-30(26)38-32(36)17-22(2)3/h11-12,14,22,24-27,30,33H,4-10,13,15-21H2,1-3H3,(H,34,35)/t24-,25-,26+,27-,30+/m0/s1. The van der Waals surface area contributed by atoms with E-state index in [0.29, 0.717) is 24.0 Å². The molecule has 1 aromatic rings. The minimum atomic E-state index is -0.982. The number of hydrogen-bond donors (Lipinski definition) is 2. The summed E-state index contributed by atoms with van der Waals surface area (Å²) in [5, 5.41) is 19.8. The quantitative estimate of drug-likeness (QED) is 0.171.